The maximum atomic E-state index is 12.9. The summed E-state index contributed by atoms with van der Waals surface area (Å²) in [6.07, 6.45) is 0.853. The summed E-state index contributed by atoms with van der Waals surface area (Å²) in [6, 6.07) is 5.43. The molecule has 0 radical (unpaired) electrons. The van der Waals surface area contributed by atoms with Crippen LogP contribution in [0.2, 0.25) is 0 Å². The standard InChI is InChI=1S/C17H22FN5O2/c1-11(2)16-21-15(22-25-16)10-23-8-7-14(9-23)20-17(24)19-13-5-3-12(18)4-6-13/h3-6,11,14H,7-10H2,1-2H3,(H2,19,20,24)/t14-/m1/s1. The highest BCUT2D eigenvalue weighted by Crippen LogP contribution is 2.15. The zero-order valence-corrected chi connectivity index (χ0v) is 14.3. The monoisotopic (exact) mass is 347 g/mol. The SMILES string of the molecule is CC(C)c1nc(CN2CC[C@@H](NC(=O)Nc3ccc(F)cc3)C2)no1. The van der Waals surface area contributed by atoms with Gasteiger partial charge in [0.1, 0.15) is 5.82 Å². The maximum absolute atomic E-state index is 12.9. The molecular formula is C17H22FN5O2. The third-order valence-corrected chi connectivity index (χ3v) is 4.05. The minimum atomic E-state index is -0.334. The van der Waals surface area contributed by atoms with Crippen molar-refractivity contribution in [2.75, 3.05) is 18.4 Å². The van der Waals surface area contributed by atoms with Crippen LogP contribution in [0.25, 0.3) is 0 Å². The zero-order valence-electron chi connectivity index (χ0n) is 14.3. The van der Waals surface area contributed by atoms with Gasteiger partial charge in [-0.05, 0) is 30.7 Å². The fourth-order valence-electron chi connectivity index (χ4n) is 2.75. The van der Waals surface area contributed by atoms with Crippen molar-refractivity contribution in [3.63, 3.8) is 0 Å². The number of rotatable bonds is 5. The summed E-state index contributed by atoms with van der Waals surface area (Å²) >= 11 is 0. The molecule has 1 fully saturated rings. The van der Waals surface area contributed by atoms with Crippen LogP contribution in [-0.2, 0) is 6.54 Å². The van der Waals surface area contributed by atoms with E-state index in [-0.39, 0.29) is 23.8 Å². The highest BCUT2D eigenvalue weighted by molar-refractivity contribution is 5.89. The summed E-state index contributed by atoms with van der Waals surface area (Å²) in [5.74, 6) is 1.19. The lowest BCUT2D eigenvalue weighted by Gasteiger charge is -2.15. The number of amides is 2. The summed E-state index contributed by atoms with van der Waals surface area (Å²) in [6.45, 7) is 6.20. The van der Waals surface area contributed by atoms with Gasteiger partial charge < -0.3 is 15.2 Å². The summed E-state index contributed by atoms with van der Waals surface area (Å²) < 4.78 is 18.1. The molecule has 3 rings (SSSR count). The smallest absolute Gasteiger partial charge is 0.319 e. The molecule has 8 heteroatoms. The number of halogens is 1. The molecule has 7 nitrogen and oxygen atoms in total. The molecule has 1 saturated heterocycles. The minimum Gasteiger partial charge on any atom is -0.339 e. The van der Waals surface area contributed by atoms with E-state index in [1.165, 1.54) is 24.3 Å². The van der Waals surface area contributed by atoms with Crippen LogP contribution in [0, 0.1) is 5.82 Å². The molecule has 1 aliphatic rings. The van der Waals surface area contributed by atoms with Crippen LogP contribution in [0.4, 0.5) is 14.9 Å². The van der Waals surface area contributed by atoms with Gasteiger partial charge in [-0.3, -0.25) is 4.90 Å². The van der Waals surface area contributed by atoms with Crippen LogP contribution in [0.1, 0.15) is 37.9 Å². The molecule has 2 amide bonds. The number of hydrogen-bond acceptors (Lipinski definition) is 5. The Bertz CT molecular complexity index is 716. The van der Waals surface area contributed by atoms with Gasteiger partial charge in [0.15, 0.2) is 5.82 Å². The second-order valence-corrected chi connectivity index (χ2v) is 6.53. The molecule has 0 saturated carbocycles. The Morgan fingerprint density at radius 1 is 1.40 bits per heavy atom. The first-order chi connectivity index (χ1) is 12.0. The Morgan fingerprint density at radius 3 is 2.84 bits per heavy atom. The molecule has 1 aromatic carbocycles. The van der Waals surface area contributed by atoms with Gasteiger partial charge in [0.2, 0.25) is 5.89 Å². The molecule has 1 aromatic heterocycles. The van der Waals surface area contributed by atoms with Gasteiger partial charge in [0, 0.05) is 30.7 Å². The van der Waals surface area contributed by atoms with E-state index in [9.17, 15) is 9.18 Å². The predicted octanol–water partition coefficient (Wildman–Crippen LogP) is 2.73. The molecule has 0 spiro atoms. The Balaban J connectivity index is 1.45. The summed E-state index contributed by atoms with van der Waals surface area (Å²) in [5.41, 5.74) is 0.557. The van der Waals surface area contributed by atoms with Crippen LogP contribution < -0.4 is 10.6 Å². The molecular weight excluding hydrogens is 325 g/mol. The first-order valence-corrected chi connectivity index (χ1v) is 8.37. The van der Waals surface area contributed by atoms with Crippen molar-refractivity contribution in [3.05, 3.63) is 41.8 Å². The van der Waals surface area contributed by atoms with Gasteiger partial charge in [-0.25, -0.2) is 9.18 Å². The number of carbonyl (C=O) groups is 1. The topological polar surface area (TPSA) is 83.3 Å². The third-order valence-electron chi connectivity index (χ3n) is 4.05. The summed E-state index contributed by atoms with van der Waals surface area (Å²) in [4.78, 5) is 18.6. The minimum absolute atomic E-state index is 0.0527. The lowest BCUT2D eigenvalue weighted by Crippen LogP contribution is -2.39. The van der Waals surface area contributed by atoms with Gasteiger partial charge in [-0.2, -0.15) is 4.98 Å². The van der Waals surface area contributed by atoms with Gasteiger partial charge in [-0.1, -0.05) is 19.0 Å². The highest BCUT2D eigenvalue weighted by Gasteiger charge is 2.25. The number of likely N-dealkylation sites (tertiary alicyclic amines) is 1. The van der Waals surface area contributed by atoms with Crippen LogP contribution in [0.5, 0.6) is 0 Å². The quantitative estimate of drug-likeness (QED) is 0.869. The van der Waals surface area contributed by atoms with E-state index in [2.05, 4.69) is 25.7 Å². The zero-order chi connectivity index (χ0) is 17.8. The highest BCUT2D eigenvalue weighted by atomic mass is 19.1. The maximum Gasteiger partial charge on any atom is 0.319 e. The Labute approximate surface area is 145 Å². The van der Waals surface area contributed by atoms with Gasteiger partial charge in [0.05, 0.1) is 6.54 Å². The van der Waals surface area contributed by atoms with Crippen LogP contribution in [0.3, 0.4) is 0 Å². The average Bonchev–Trinajstić information content (AvgIpc) is 3.20. The van der Waals surface area contributed by atoms with Crippen molar-refractivity contribution >= 4 is 11.7 Å². The van der Waals surface area contributed by atoms with E-state index < -0.39 is 0 Å². The number of anilines is 1. The Hall–Kier alpha value is -2.48. The lowest BCUT2D eigenvalue weighted by atomic mass is 10.2. The van der Waals surface area contributed by atoms with E-state index in [4.69, 9.17) is 4.52 Å². The van der Waals surface area contributed by atoms with Crippen molar-refractivity contribution in [2.24, 2.45) is 0 Å². The van der Waals surface area contributed by atoms with Crippen molar-refractivity contribution in [1.82, 2.24) is 20.4 Å². The van der Waals surface area contributed by atoms with E-state index >= 15 is 0 Å². The number of benzene rings is 1. The second-order valence-electron chi connectivity index (χ2n) is 6.53. The Kier molecular flexibility index (Phi) is 5.28. The van der Waals surface area contributed by atoms with Crippen molar-refractivity contribution < 1.29 is 13.7 Å². The number of hydrogen-bond donors (Lipinski definition) is 2. The molecule has 0 unspecified atom stereocenters. The Morgan fingerprint density at radius 2 is 2.16 bits per heavy atom. The largest absolute Gasteiger partial charge is 0.339 e. The molecule has 134 valence electrons. The molecule has 1 atom stereocenters. The van der Waals surface area contributed by atoms with Crippen LogP contribution in [-0.4, -0.2) is 40.2 Å². The van der Waals surface area contributed by atoms with Crippen molar-refractivity contribution in [1.29, 1.82) is 0 Å². The third kappa shape index (κ3) is 4.76. The first-order valence-electron chi connectivity index (χ1n) is 8.37. The molecule has 2 N–H and O–H groups in total. The van der Waals surface area contributed by atoms with E-state index in [1.807, 2.05) is 13.8 Å². The molecule has 25 heavy (non-hydrogen) atoms. The fraction of sp³-hybridized carbons (Fsp3) is 0.471. The molecule has 1 aliphatic heterocycles. The average molecular weight is 347 g/mol. The summed E-state index contributed by atoms with van der Waals surface area (Å²) in [7, 11) is 0. The van der Waals surface area contributed by atoms with Gasteiger partial charge >= 0.3 is 6.03 Å². The number of nitrogens with one attached hydrogen (secondary N) is 2. The van der Waals surface area contributed by atoms with E-state index in [0.29, 0.717) is 23.9 Å². The fourth-order valence-corrected chi connectivity index (χ4v) is 2.75. The normalized spacial score (nSPS) is 17.8. The second kappa shape index (κ2) is 7.60. The van der Waals surface area contributed by atoms with Crippen molar-refractivity contribution in [2.45, 2.75) is 38.8 Å². The number of nitrogens with zero attached hydrogens (tertiary/aromatic N) is 3. The molecule has 0 bridgehead atoms. The van der Waals surface area contributed by atoms with E-state index in [0.717, 1.165) is 19.5 Å². The molecule has 2 aromatic rings. The number of aromatic nitrogens is 2. The number of urea groups is 1. The van der Waals surface area contributed by atoms with Gasteiger partial charge in [-0.15, -0.1) is 0 Å². The lowest BCUT2D eigenvalue weighted by molar-refractivity contribution is 0.247. The number of carbonyl (C=O) groups excluding carboxylic acids is 1. The van der Waals surface area contributed by atoms with E-state index in [1.54, 1.807) is 0 Å². The first kappa shape index (κ1) is 17.3. The molecule has 2 heterocycles. The summed E-state index contributed by atoms with van der Waals surface area (Å²) in [5, 5.41) is 9.62. The molecule has 0 aliphatic carbocycles. The predicted molar refractivity (Wildman–Crippen MR) is 90.6 cm³/mol. The van der Waals surface area contributed by atoms with Crippen LogP contribution in [0.15, 0.2) is 28.8 Å². The van der Waals surface area contributed by atoms with Gasteiger partial charge in [0.25, 0.3) is 0 Å². The van der Waals surface area contributed by atoms with Crippen LogP contribution >= 0.6 is 0 Å². The van der Waals surface area contributed by atoms with Crippen molar-refractivity contribution in [3.8, 4) is 0 Å².